The number of nitrogens with one attached hydrogen (secondary N) is 1. The Morgan fingerprint density at radius 3 is 2.53 bits per heavy atom. The molecule has 0 aliphatic rings. The third-order valence-corrected chi connectivity index (χ3v) is 4.45. The predicted octanol–water partition coefficient (Wildman–Crippen LogP) is 4.78. The maximum Gasteiger partial charge on any atom is 0.0253 e. The van der Waals surface area contributed by atoms with Crippen LogP contribution in [0.5, 0.6) is 0 Å². The summed E-state index contributed by atoms with van der Waals surface area (Å²) in [5, 5.41) is 5.94. The van der Waals surface area contributed by atoms with E-state index in [1.54, 1.807) is 0 Å². The summed E-state index contributed by atoms with van der Waals surface area (Å²) in [5.74, 6) is 0.773. The second kappa shape index (κ2) is 7.06. The Bertz CT molecular complexity index is 536. The highest BCUT2D eigenvalue weighted by atomic mass is 79.9. The topological polar surface area (TPSA) is 12.0 Å². The molecule has 0 aromatic heterocycles. The molecule has 1 nitrogen and oxygen atoms in total. The molecule has 1 atom stereocenters. The number of fused-ring (bicyclic) bond motifs is 1. The van der Waals surface area contributed by atoms with Gasteiger partial charge in [0.25, 0.3) is 0 Å². The van der Waals surface area contributed by atoms with Crippen LogP contribution in [0, 0.1) is 5.92 Å². The smallest absolute Gasteiger partial charge is 0.0253 e. The summed E-state index contributed by atoms with van der Waals surface area (Å²) in [6.07, 6.45) is 3.68. The lowest BCUT2D eigenvalue weighted by Crippen LogP contribution is -2.11. The van der Waals surface area contributed by atoms with Crippen molar-refractivity contribution >= 4 is 26.7 Å². The minimum atomic E-state index is 0.773. The van der Waals surface area contributed by atoms with E-state index < -0.39 is 0 Å². The molecular formula is C17H22BrN. The van der Waals surface area contributed by atoms with Crippen LogP contribution in [0.15, 0.2) is 40.9 Å². The number of aryl methyl sites for hydroxylation is 1. The minimum Gasteiger partial charge on any atom is -0.320 e. The molecule has 0 saturated heterocycles. The summed E-state index contributed by atoms with van der Waals surface area (Å²) in [6.45, 7) is 3.46. The van der Waals surface area contributed by atoms with Gasteiger partial charge in [0.05, 0.1) is 0 Å². The van der Waals surface area contributed by atoms with Crippen molar-refractivity contribution in [1.29, 1.82) is 0 Å². The van der Waals surface area contributed by atoms with Crippen LogP contribution in [0.2, 0.25) is 0 Å². The van der Waals surface area contributed by atoms with Gasteiger partial charge in [0.2, 0.25) is 0 Å². The molecule has 1 unspecified atom stereocenters. The van der Waals surface area contributed by atoms with Crippen molar-refractivity contribution in [3.63, 3.8) is 0 Å². The maximum absolute atomic E-state index is 3.64. The molecule has 0 spiro atoms. The van der Waals surface area contributed by atoms with Crippen LogP contribution < -0.4 is 5.32 Å². The lowest BCUT2D eigenvalue weighted by atomic mass is 9.95. The van der Waals surface area contributed by atoms with E-state index in [9.17, 15) is 0 Å². The molecular weight excluding hydrogens is 298 g/mol. The van der Waals surface area contributed by atoms with Crippen molar-refractivity contribution in [2.24, 2.45) is 5.92 Å². The summed E-state index contributed by atoms with van der Waals surface area (Å²) in [5.41, 5.74) is 1.47. The number of benzene rings is 2. The molecule has 1 N–H and O–H groups in total. The molecule has 2 aromatic rings. The molecule has 0 aliphatic carbocycles. The van der Waals surface area contributed by atoms with Gasteiger partial charge in [-0.25, -0.2) is 0 Å². The van der Waals surface area contributed by atoms with Gasteiger partial charge >= 0.3 is 0 Å². The van der Waals surface area contributed by atoms with Crippen LogP contribution in [0.4, 0.5) is 0 Å². The molecule has 0 aliphatic heterocycles. The Morgan fingerprint density at radius 1 is 1.05 bits per heavy atom. The molecule has 0 heterocycles. The lowest BCUT2D eigenvalue weighted by Gasteiger charge is -2.13. The Hall–Kier alpha value is -0.860. The summed E-state index contributed by atoms with van der Waals surface area (Å²) >= 11 is 3.64. The molecule has 102 valence electrons. The van der Waals surface area contributed by atoms with Gasteiger partial charge in [0.1, 0.15) is 0 Å². The normalized spacial score (nSPS) is 12.8. The highest BCUT2D eigenvalue weighted by Crippen LogP contribution is 2.28. The average molecular weight is 320 g/mol. The van der Waals surface area contributed by atoms with E-state index in [4.69, 9.17) is 0 Å². The van der Waals surface area contributed by atoms with Gasteiger partial charge in [-0.15, -0.1) is 0 Å². The zero-order valence-corrected chi connectivity index (χ0v) is 13.3. The fraction of sp³-hybridized carbons (Fsp3) is 0.412. The quantitative estimate of drug-likeness (QED) is 0.807. The first-order chi connectivity index (χ1) is 9.22. The summed E-state index contributed by atoms with van der Waals surface area (Å²) in [4.78, 5) is 0. The first-order valence-corrected chi connectivity index (χ1v) is 7.82. The first-order valence-electron chi connectivity index (χ1n) is 7.03. The first kappa shape index (κ1) is 14.5. The van der Waals surface area contributed by atoms with E-state index in [1.807, 2.05) is 7.05 Å². The predicted molar refractivity (Wildman–Crippen MR) is 87.7 cm³/mol. The second-order valence-electron chi connectivity index (χ2n) is 5.29. The Labute approximate surface area is 124 Å². The van der Waals surface area contributed by atoms with Gasteiger partial charge in [-0.1, -0.05) is 53.2 Å². The third-order valence-electron chi connectivity index (χ3n) is 3.75. The average Bonchev–Trinajstić information content (AvgIpc) is 2.45. The summed E-state index contributed by atoms with van der Waals surface area (Å²) in [7, 11) is 2.02. The molecule has 0 saturated carbocycles. The number of halogens is 1. The van der Waals surface area contributed by atoms with Crippen LogP contribution in [0.25, 0.3) is 10.8 Å². The van der Waals surface area contributed by atoms with E-state index in [0.29, 0.717) is 0 Å². The Balaban J connectivity index is 2.11. The second-order valence-corrected chi connectivity index (χ2v) is 6.14. The zero-order valence-electron chi connectivity index (χ0n) is 11.7. The Kier molecular flexibility index (Phi) is 5.41. The fourth-order valence-corrected chi connectivity index (χ4v) is 2.96. The van der Waals surface area contributed by atoms with Crippen molar-refractivity contribution in [2.75, 3.05) is 13.6 Å². The SMILES string of the molecule is CNCCC(C)CCc1ccc(Br)c2ccccc12. The molecule has 0 radical (unpaired) electrons. The van der Waals surface area contributed by atoms with Crippen molar-refractivity contribution in [1.82, 2.24) is 5.32 Å². The highest BCUT2D eigenvalue weighted by Gasteiger charge is 2.06. The van der Waals surface area contributed by atoms with Crippen LogP contribution in [0.3, 0.4) is 0 Å². The summed E-state index contributed by atoms with van der Waals surface area (Å²) < 4.78 is 1.19. The van der Waals surface area contributed by atoms with Crippen molar-refractivity contribution in [3.8, 4) is 0 Å². The molecule has 0 bridgehead atoms. The van der Waals surface area contributed by atoms with E-state index in [-0.39, 0.29) is 0 Å². The molecule has 19 heavy (non-hydrogen) atoms. The molecule has 0 amide bonds. The van der Waals surface area contributed by atoms with Gasteiger partial charge in [-0.2, -0.15) is 0 Å². The van der Waals surface area contributed by atoms with E-state index in [1.165, 1.54) is 40.1 Å². The molecule has 2 rings (SSSR count). The van der Waals surface area contributed by atoms with Crippen molar-refractivity contribution in [2.45, 2.75) is 26.2 Å². The van der Waals surface area contributed by atoms with Crippen molar-refractivity contribution in [3.05, 3.63) is 46.4 Å². The molecule has 2 heteroatoms. The lowest BCUT2D eigenvalue weighted by molar-refractivity contribution is 0.482. The molecule has 0 fully saturated rings. The Morgan fingerprint density at radius 2 is 1.79 bits per heavy atom. The van der Waals surface area contributed by atoms with Crippen LogP contribution in [-0.4, -0.2) is 13.6 Å². The summed E-state index contributed by atoms with van der Waals surface area (Å²) in [6, 6.07) is 13.1. The van der Waals surface area contributed by atoms with Crippen molar-refractivity contribution < 1.29 is 0 Å². The zero-order chi connectivity index (χ0) is 13.7. The maximum atomic E-state index is 3.64. The van der Waals surface area contributed by atoms with Crippen LogP contribution >= 0.6 is 15.9 Å². The monoisotopic (exact) mass is 319 g/mol. The van der Waals surface area contributed by atoms with Crippen LogP contribution in [-0.2, 0) is 6.42 Å². The van der Waals surface area contributed by atoms with Crippen LogP contribution in [0.1, 0.15) is 25.3 Å². The fourth-order valence-electron chi connectivity index (χ4n) is 2.48. The highest BCUT2D eigenvalue weighted by molar-refractivity contribution is 9.10. The third kappa shape index (κ3) is 3.80. The minimum absolute atomic E-state index is 0.773. The number of hydrogen-bond donors (Lipinski definition) is 1. The largest absolute Gasteiger partial charge is 0.320 e. The van der Waals surface area contributed by atoms with Gasteiger partial charge in [-0.05, 0) is 61.2 Å². The van der Waals surface area contributed by atoms with E-state index >= 15 is 0 Å². The van der Waals surface area contributed by atoms with Gasteiger partial charge in [0.15, 0.2) is 0 Å². The number of rotatable bonds is 6. The van der Waals surface area contributed by atoms with Gasteiger partial charge < -0.3 is 5.32 Å². The van der Waals surface area contributed by atoms with E-state index in [0.717, 1.165) is 12.5 Å². The number of hydrogen-bond acceptors (Lipinski definition) is 1. The van der Waals surface area contributed by atoms with Gasteiger partial charge in [0, 0.05) is 4.47 Å². The molecule has 2 aromatic carbocycles. The van der Waals surface area contributed by atoms with E-state index in [2.05, 4.69) is 64.6 Å². The van der Waals surface area contributed by atoms with Gasteiger partial charge in [-0.3, -0.25) is 0 Å². The standard InChI is InChI=1S/C17H22BrN/c1-13(11-12-19-2)7-8-14-9-10-17(18)16-6-4-3-5-15(14)16/h3-6,9-10,13,19H,7-8,11-12H2,1-2H3.